The van der Waals surface area contributed by atoms with Crippen molar-refractivity contribution in [2.75, 3.05) is 63.6 Å². The molecule has 6 nitrogen and oxygen atoms in total. The Morgan fingerprint density at radius 1 is 1.15 bits per heavy atom. The van der Waals surface area contributed by atoms with Gasteiger partial charge in [0.2, 0.25) is 0 Å². The molecule has 0 unspecified atom stereocenters. The van der Waals surface area contributed by atoms with Gasteiger partial charge in [0.1, 0.15) is 11.5 Å². The minimum Gasteiger partial charge on any atom is -0.383 e. The van der Waals surface area contributed by atoms with E-state index in [0.29, 0.717) is 37.6 Å². The summed E-state index contributed by atoms with van der Waals surface area (Å²) in [6, 6.07) is 10.4. The zero-order chi connectivity index (χ0) is 19.2. The summed E-state index contributed by atoms with van der Waals surface area (Å²) >= 11 is 0. The van der Waals surface area contributed by atoms with Crippen LogP contribution in [0, 0.1) is 5.82 Å². The molecule has 1 aliphatic heterocycles. The fourth-order valence-electron chi connectivity index (χ4n) is 3.07. The number of amides is 1. The number of anilines is 2. The van der Waals surface area contributed by atoms with E-state index in [1.54, 1.807) is 29.3 Å². The average molecular weight is 371 g/mol. The summed E-state index contributed by atoms with van der Waals surface area (Å²) in [5.74, 6) is -0.306. The molecular formula is C20H26FN5O. The average Bonchev–Trinajstić information content (AvgIpc) is 2.68. The summed E-state index contributed by atoms with van der Waals surface area (Å²) in [7, 11) is 4.04. The summed E-state index contributed by atoms with van der Waals surface area (Å²) in [5.41, 5.74) is 1.93. The van der Waals surface area contributed by atoms with E-state index in [9.17, 15) is 9.18 Å². The van der Waals surface area contributed by atoms with Crippen molar-refractivity contribution < 1.29 is 9.18 Å². The number of nitrogens with one attached hydrogen (secondary N) is 1. The molecule has 1 aliphatic rings. The second kappa shape index (κ2) is 8.81. The van der Waals surface area contributed by atoms with Gasteiger partial charge in [0.05, 0.1) is 17.6 Å². The van der Waals surface area contributed by atoms with Crippen molar-refractivity contribution in [2.24, 2.45) is 0 Å². The van der Waals surface area contributed by atoms with Gasteiger partial charge in [-0.1, -0.05) is 12.1 Å². The highest BCUT2D eigenvalue weighted by Crippen LogP contribution is 2.20. The molecule has 1 aromatic carbocycles. The van der Waals surface area contributed by atoms with Gasteiger partial charge in [0.25, 0.3) is 5.91 Å². The van der Waals surface area contributed by atoms with Gasteiger partial charge in [-0.2, -0.15) is 0 Å². The topological polar surface area (TPSA) is 51.7 Å². The number of hydrogen-bond acceptors (Lipinski definition) is 5. The molecule has 0 atom stereocenters. The largest absolute Gasteiger partial charge is 0.383 e. The van der Waals surface area contributed by atoms with E-state index < -0.39 is 0 Å². The smallest absolute Gasteiger partial charge is 0.272 e. The Kier molecular flexibility index (Phi) is 6.24. The van der Waals surface area contributed by atoms with Crippen molar-refractivity contribution in [3.05, 3.63) is 54.1 Å². The summed E-state index contributed by atoms with van der Waals surface area (Å²) < 4.78 is 13.9. The highest BCUT2D eigenvalue weighted by Gasteiger charge is 2.24. The number of halogens is 1. The van der Waals surface area contributed by atoms with E-state index in [4.69, 9.17) is 0 Å². The zero-order valence-corrected chi connectivity index (χ0v) is 15.9. The molecule has 1 aromatic heterocycles. The number of para-hydroxylation sites is 1. The van der Waals surface area contributed by atoms with Crippen molar-refractivity contribution in [3.63, 3.8) is 0 Å². The minimum atomic E-state index is -0.226. The Morgan fingerprint density at radius 3 is 2.52 bits per heavy atom. The Labute approximate surface area is 159 Å². The van der Waals surface area contributed by atoms with Crippen LogP contribution in [0.15, 0.2) is 42.6 Å². The third-order valence-electron chi connectivity index (χ3n) is 4.63. The van der Waals surface area contributed by atoms with Gasteiger partial charge in [-0.15, -0.1) is 0 Å². The number of pyridine rings is 1. The van der Waals surface area contributed by atoms with Gasteiger partial charge in [0.15, 0.2) is 0 Å². The summed E-state index contributed by atoms with van der Waals surface area (Å²) in [4.78, 5) is 22.8. The van der Waals surface area contributed by atoms with Gasteiger partial charge in [-0.05, 0) is 38.4 Å². The lowest BCUT2D eigenvalue weighted by Gasteiger charge is -2.36. The molecule has 2 heterocycles. The van der Waals surface area contributed by atoms with Crippen molar-refractivity contribution in [1.29, 1.82) is 0 Å². The number of benzene rings is 1. The van der Waals surface area contributed by atoms with Crippen LogP contribution in [0.4, 0.5) is 15.8 Å². The van der Waals surface area contributed by atoms with Crippen molar-refractivity contribution in [1.82, 2.24) is 14.8 Å². The number of likely N-dealkylation sites (N-methyl/N-ethyl adjacent to an activating group) is 1. The monoisotopic (exact) mass is 371 g/mol. The molecule has 144 valence electrons. The van der Waals surface area contributed by atoms with Crippen LogP contribution in [-0.2, 0) is 0 Å². The van der Waals surface area contributed by atoms with Gasteiger partial charge in [-0.25, -0.2) is 9.37 Å². The molecule has 0 aliphatic carbocycles. The van der Waals surface area contributed by atoms with Crippen LogP contribution in [0.2, 0.25) is 0 Å². The van der Waals surface area contributed by atoms with Crippen LogP contribution < -0.4 is 10.2 Å². The van der Waals surface area contributed by atoms with E-state index in [1.807, 2.05) is 31.1 Å². The van der Waals surface area contributed by atoms with Crippen LogP contribution >= 0.6 is 0 Å². The Morgan fingerprint density at radius 2 is 1.89 bits per heavy atom. The molecule has 1 fully saturated rings. The molecule has 27 heavy (non-hydrogen) atoms. The first-order valence-corrected chi connectivity index (χ1v) is 9.18. The lowest BCUT2D eigenvalue weighted by atomic mass is 10.2. The number of rotatable bonds is 6. The first-order valence-electron chi connectivity index (χ1n) is 9.18. The molecule has 1 saturated heterocycles. The first-order chi connectivity index (χ1) is 13.0. The lowest BCUT2D eigenvalue weighted by Crippen LogP contribution is -2.49. The Balaban J connectivity index is 1.54. The fourth-order valence-corrected chi connectivity index (χ4v) is 3.07. The van der Waals surface area contributed by atoms with Gasteiger partial charge >= 0.3 is 0 Å². The van der Waals surface area contributed by atoms with Gasteiger partial charge in [0, 0.05) is 39.3 Å². The molecule has 7 heteroatoms. The lowest BCUT2D eigenvalue weighted by molar-refractivity contribution is 0.0741. The second-order valence-electron chi connectivity index (χ2n) is 6.89. The van der Waals surface area contributed by atoms with Crippen LogP contribution in [-0.4, -0.2) is 74.1 Å². The Hall–Kier alpha value is -2.67. The molecule has 3 rings (SSSR count). The molecule has 0 radical (unpaired) electrons. The quantitative estimate of drug-likeness (QED) is 0.843. The first kappa shape index (κ1) is 19.1. The zero-order valence-electron chi connectivity index (χ0n) is 15.9. The maximum absolute atomic E-state index is 13.9. The van der Waals surface area contributed by atoms with Crippen molar-refractivity contribution in [2.45, 2.75) is 0 Å². The maximum Gasteiger partial charge on any atom is 0.272 e. The SMILES string of the molecule is CN(C)CCNc1ccc(C(=O)N2CCN(c3ccccc3F)CC2)nc1. The third-order valence-corrected chi connectivity index (χ3v) is 4.63. The van der Waals surface area contributed by atoms with Crippen molar-refractivity contribution in [3.8, 4) is 0 Å². The molecule has 1 amide bonds. The van der Waals surface area contributed by atoms with E-state index >= 15 is 0 Å². The number of piperazine rings is 1. The molecule has 0 spiro atoms. The van der Waals surface area contributed by atoms with Crippen LogP contribution in [0.5, 0.6) is 0 Å². The van der Waals surface area contributed by atoms with Crippen LogP contribution in [0.25, 0.3) is 0 Å². The summed E-state index contributed by atoms with van der Waals surface area (Å²) in [6.07, 6.45) is 1.69. The van der Waals surface area contributed by atoms with Crippen LogP contribution in [0.3, 0.4) is 0 Å². The molecular weight excluding hydrogens is 345 g/mol. The maximum atomic E-state index is 13.9. The number of nitrogens with zero attached hydrogens (tertiary/aromatic N) is 4. The summed E-state index contributed by atoms with van der Waals surface area (Å²) in [5, 5.41) is 3.28. The number of carbonyl (C=O) groups is 1. The standard InChI is InChI=1S/C20H26FN5O/c1-24(2)10-9-22-16-7-8-18(23-15-16)20(27)26-13-11-25(12-14-26)19-6-4-3-5-17(19)21/h3-8,15,22H,9-14H2,1-2H3. The normalized spacial score (nSPS) is 14.5. The number of carbonyl (C=O) groups excluding carboxylic acids is 1. The van der Waals surface area contributed by atoms with E-state index in [-0.39, 0.29) is 11.7 Å². The van der Waals surface area contributed by atoms with Gasteiger partial charge < -0.3 is 20.0 Å². The predicted molar refractivity (Wildman–Crippen MR) is 106 cm³/mol. The van der Waals surface area contributed by atoms with E-state index in [2.05, 4.69) is 15.2 Å². The summed E-state index contributed by atoms with van der Waals surface area (Å²) in [6.45, 7) is 4.07. The molecule has 0 saturated carbocycles. The Bertz CT molecular complexity index is 757. The fraction of sp³-hybridized carbons (Fsp3) is 0.400. The van der Waals surface area contributed by atoms with Gasteiger partial charge in [-0.3, -0.25) is 4.79 Å². The molecule has 0 bridgehead atoms. The second-order valence-corrected chi connectivity index (χ2v) is 6.89. The van der Waals surface area contributed by atoms with E-state index in [0.717, 1.165) is 18.8 Å². The minimum absolute atomic E-state index is 0.0805. The molecule has 1 N–H and O–H groups in total. The number of aromatic nitrogens is 1. The third kappa shape index (κ3) is 4.95. The van der Waals surface area contributed by atoms with Crippen LogP contribution in [0.1, 0.15) is 10.5 Å². The highest BCUT2D eigenvalue weighted by molar-refractivity contribution is 5.92. The number of hydrogen-bond donors (Lipinski definition) is 1. The predicted octanol–water partition coefficient (Wildman–Crippen LogP) is 2.16. The molecule has 2 aromatic rings. The van der Waals surface area contributed by atoms with E-state index in [1.165, 1.54) is 6.07 Å². The van der Waals surface area contributed by atoms with Crippen molar-refractivity contribution >= 4 is 17.3 Å². The highest BCUT2D eigenvalue weighted by atomic mass is 19.1.